The second kappa shape index (κ2) is 6.02. The highest BCUT2D eigenvalue weighted by atomic mass is 35.5. The summed E-state index contributed by atoms with van der Waals surface area (Å²) < 4.78 is 6.68. The molecule has 0 atom stereocenters. The van der Waals surface area contributed by atoms with Crippen LogP contribution in [0.15, 0.2) is 21.6 Å². The van der Waals surface area contributed by atoms with Gasteiger partial charge in [-0.1, -0.05) is 5.16 Å². The SMILES string of the molecule is Cc1noc(C)c1-c1ccn(CCCCCl)c(=O)n1. The highest BCUT2D eigenvalue weighted by Gasteiger charge is 2.13. The minimum Gasteiger partial charge on any atom is -0.361 e. The molecule has 2 aromatic heterocycles. The lowest BCUT2D eigenvalue weighted by Crippen LogP contribution is -2.22. The molecular weight excluding hydrogens is 266 g/mol. The van der Waals surface area contributed by atoms with Gasteiger partial charge in [-0.25, -0.2) is 4.79 Å². The maximum atomic E-state index is 11.9. The topological polar surface area (TPSA) is 60.9 Å². The Kier molecular flexibility index (Phi) is 4.37. The zero-order chi connectivity index (χ0) is 13.8. The first kappa shape index (κ1) is 13.8. The highest BCUT2D eigenvalue weighted by Crippen LogP contribution is 2.23. The van der Waals surface area contributed by atoms with E-state index in [0.29, 0.717) is 23.9 Å². The summed E-state index contributed by atoms with van der Waals surface area (Å²) in [4.78, 5) is 16.0. The molecule has 0 aliphatic heterocycles. The van der Waals surface area contributed by atoms with Gasteiger partial charge in [-0.15, -0.1) is 11.6 Å². The molecule has 5 nitrogen and oxygen atoms in total. The number of aromatic nitrogens is 3. The molecule has 0 aromatic carbocycles. The molecule has 0 amide bonds. The molecule has 0 aliphatic rings. The molecule has 0 aliphatic carbocycles. The first-order chi connectivity index (χ1) is 9.13. The van der Waals surface area contributed by atoms with Gasteiger partial charge in [-0.3, -0.25) is 4.57 Å². The minimum atomic E-state index is -0.257. The number of unbranched alkanes of at least 4 members (excludes halogenated alkanes) is 1. The molecule has 2 heterocycles. The lowest BCUT2D eigenvalue weighted by Gasteiger charge is -2.05. The monoisotopic (exact) mass is 281 g/mol. The average Bonchev–Trinajstić information content (AvgIpc) is 2.71. The molecule has 2 rings (SSSR count). The number of halogens is 1. The van der Waals surface area contributed by atoms with Crippen molar-refractivity contribution in [2.45, 2.75) is 33.2 Å². The summed E-state index contributed by atoms with van der Waals surface area (Å²) >= 11 is 5.61. The molecule has 0 spiro atoms. The van der Waals surface area contributed by atoms with Gasteiger partial charge >= 0.3 is 5.69 Å². The van der Waals surface area contributed by atoms with Crippen LogP contribution in [0.5, 0.6) is 0 Å². The van der Waals surface area contributed by atoms with E-state index in [2.05, 4.69) is 10.1 Å². The summed E-state index contributed by atoms with van der Waals surface area (Å²) in [5.74, 6) is 1.28. The number of hydrogen-bond acceptors (Lipinski definition) is 4. The maximum Gasteiger partial charge on any atom is 0.348 e. The predicted molar refractivity (Wildman–Crippen MR) is 73.4 cm³/mol. The second-order valence-electron chi connectivity index (χ2n) is 4.38. The third kappa shape index (κ3) is 3.04. The fourth-order valence-electron chi connectivity index (χ4n) is 1.96. The van der Waals surface area contributed by atoms with Gasteiger partial charge in [0.05, 0.1) is 17.0 Å². The van der Waals surface area contributed by atoms with Gasteiger partial charge in [0, 0.05) is 18.6 Å². The van der Waals surface area contributed by atoms with E-state index in [4.69, 9.17) is 16.1 Å². The van der Waals surface area contributed by atoms with Crippen LogP contribution in [0.1, 0.15) is 24.3 Å². The van der Waals surface area contributed by atoms with Crippen LogP contribution in [-0.4, -0.2) is 20.6 Å². The van der Waals surface area contributed by atoms with Gasteiger partial charge in [0.15, 0.2) is 0 Å². The molecule has 0 saturated heterocycles. The zero-order valence-corrected chi connectivity index (χ0v) is 11.8. The Morgan fingerprint density at radius 1 is 1.37 bits per heavy atom. The van der Waals surface area contributed by atoms with Crippen LogP contribution in [0.25, 0.3) is 11.3 Å². The number of hydrogen-bond donors (Lipinski definition) is 0. The van der Waals surface area contributed by atoms with Gasteiger partial charge in [0.1, 0.15) is 5.76 Å². The van der Waals surface area contributed by atoms with Crippen LogP contribution < -0.4 is 5.69 Å². The van der Waals surface area contributed by atoms with Crippen molar-refractivity contribution in [2.24, 2.45) is 0 Å². The van der Waals surface area contributed by atoms with E-state index in [0.717, 1.165) is 24.1 Å². The van der Waals surface area contributed by atoms with Crippen molar-refractivity contribution < 1.29 is 4.52 Å². The van der Waals surface area contributed by atoms with Crippen molar-refractivity contribution in [3.8, 4) is 11.3 Å². The molecule has 0 radical (unpaired) electrons. The fraction of sp³-hybridized carbons (Fsp3) is 0.462. The van der Waals surface area contributed by atoms with E-state index >= 15 is 0 Å². The molecular formula is C13H16ClN3O2. The average molecular weight is 282 g/mol. The van der Waals surface area contributed by atoms with E-state index in [9.17, 15) is 4.79 Å². The van der Waals surface area contributed by atoms with Crippen molar-refractivity contribution in [1.29, 1.82) is 0 Å². The van der Waals surface area contributed by atoms with Gasteiger partial charge < -0.3 is 4.52 Å². The smallest absolute Gasteiger partial charge is 0.348 e. The van der Waals surface area contributed by atoms with Crippen LogP contribution in [0.3, 0.4) is 0 Å². The van der Waals surface area contributed by atoms with Crippen molar-refractivity contribution in [3.05, 3.63) is 34.2 Å². The standard InChI is InChI=1S/C13H16ClN3O2/c1-9-12(10(2)19-16-9)11-5-8-17(13(18)15-11)7-4-3-6-14/h5,8H,3-4,6-7H2,1-2H3. The molecule has 0 fully saturated rings. The normalized spacial score (nSPS) is 10.9. The molecule has 19 heavy (non-hydrogen) atoms. The third-order valence-electron chi connectivity index (χ3n) is 2.95. The summed E-state index contributed by atoms with van der Waals surface area (Å²) in [7, 11) is 0. The van der Waals surface area contributed by atoms with Gasteiger partial charge in [-0.2, -0.15) is 4.98 Å². The van der Waals surface area contributed by atoms with Gasteiger partial charge in [0.25, 0.3) is 0 Å². The van der Waals surface area contributed by atoms with Crippen LogP contribution in [-0.2, 0) is 6.54 Å². The summed E-state index contributed by atoms with van der Waals surface area (Å²) in [6, 6.07) is 1.81. The van der Waals surface area contributed by atoms with E-state index < -0.39 is 0 Å². The summed E-state index contributed by atoms with van der Waals surface area (Å²) in [5.41, 5.74) is 1.89. The first-order valence-electron chi connectivity index (χ1n) is 6.20. The number of nitrogens with zero attached hydrogens (tertiary/aromatic N) is 3. The Balaban J connectivity index is 2.27. The fourth-order valence-corrected chi connectivity index (χ4v) is 2.15. The van der Waals surface area contributed by atoms with E-state index in [1.54, 1.807) is 10.8 Å². The van der Waals surface area contributed by atoms with Crippen LogP contribution >= 0.6 is 11.6 Å². The number of rotatable bonds is 5. The summed E-state index contributed by atoms with van der Waals surface area (Å²) in [6.45, 7) is 4.28. The molecule has 102 valence electrons. The van der Waals surface area contributed by atoms with Crippen molar-refractivity contribution >= 4 is 11.6 Å². The lowest BCUT2D eigenvalue weighted by atomic mass is 10.1. The number of aryl methyl sites for hydroxylation is 3. The maximum absolute atomic E-state index is 11.9. The van der Waals surface area contributed by atoms with Crippen molar-refractivity contribution in [2.75, 3.05) is 5.88 Å². The molecule has 0 saturated carbocycles. The van der Waals surface area contributed by atoms with Gasteiger partial charge in [0.2, 0.25) is 0 Å². The lowest BCUT2D eigenvalue weighted by molar-refractivity contribution is 0.393. The van der Waals surface area contributed by atoms with Crippen LogP contribution in [0.4, 0.5) is 0 Å². The Bertz CT molecular complexity index is 599. The van der Waals surface area contributed by atoms with Crippen molar-refractivity contribution in [3.63, 3.8) is 0 Å². The van der Waals surface area contributed by atoms with E-state index in [1.165, 1.54) is 0 Å². The molecule has 0 N–H and O–H groups in total. The second-order valence-corrected chi connectivity index (χ2v) is 4.76. The van der Waals surface area contributed by atoms with Crippen molar-refractivity contribution in [1.82, 2.24) is 14.7 Å². The molecule has 0 bridgehead atoms. The first-order valence-corrected chi connectivity index (χ1v) is 6.73. The Labute approximate surface area is 116 Å². The third-order valence-corrected chi connectivity index (χ3v) is 3.21. The highest BCUT2D eigenvalue weighted by molar-refractivity contribution is 6.17. The van der Waals surface area contributed by atoms with Gasteiger partial charge in [-0.05, 0) is 32.8 Å². The quantitative estimate of drug-likeness (QED) is 0.624. The van der Waals surface area contributed by atoms with E-state index in [1.807, 2.05) is 19.9 Å². The minimum absolute atomic E-state index is 0.257. The van der Waals surface area contributed by atoms with Crippen LogP contribution in [0.2, 0.25) is 0 Å². The van der Waals surface area contributed by atoms with E-state index in [-0.39, 0.29) is 5.69 Å². The largest absolute Gasteiger partial charge is 0.361 e. The summed E-state index contributed by atoms with van der Waals surface area (Å²) in [6.07, 6.45) is 3.51. The molecule has 0 unspecified atom stereocenters. The molecule has 2 aromatic rings. The predicted octanol–water partition coefficient (Wildman–Crippen LogP) is 2.53. The summed E-state index contributed by atoms with van der Waals surface area (Å²) in [5, 5.41) is 3.87. The Hall–Kier alpha value is -1.62. The Morgan fingerprint density at radius 3 is 2.74 bits per heavy atom. The zero-order valence-electron chi connectivity index (χ0n) is 11.0. The molecule has 6 heteroatoms. The van der Waals surface area contributed by atoms with Crippen LogP contribution in [0, 0.1) is 13.8 Å². The number of alkyl halides is 1. The Morgan fingerprint density at radius 2 is 2.16 bits per heavy atom.